The molecule has 2 rings (SSSR count). The van der Waals surface area contributed by atoms with Crippen LogP contribution in [0.15, 0.2) is 52.1 Å². The highest BCUT2D eigenvalue weighted by Gasteiger charge is 2.05. The monoisotopic (exact) mass is 395 g/mol. The van der Waals surface area contributed by atoms with E-state index in [9.17, 15) is 4.79 Å². The highest BCUT2D eigenvalue weighted by molar-refractivity contribution is 9.10. The molecule has 5 nitrogen and oxygen atoms in total. The van der Waals surface area contributed by atoms with Gasteiger partial charge in [-0.2, -0.15) is 0 Å². The van der Waals surface area contributed by atoms with Gasteiger partial charge >= 0.3 is 0 Å². The number of benzene rings is 2. The van der Waals surface area contributed by atoms with Gasteiger partial charge in [-0.05, 0) is 55.0 Å². The fourth-order valence-corrected chi connectivity index (χ4v) is 2.13. The molecule has 0 bridgehead atoms. The number of aryl methyl sites for hydroxylation is 1. The van der Waals surface area contributed by atoms with Crippen LogP contribution < -0.4 is 11.1 Å². The Morgan fingerprint density at radius 3 is 2.65 bits per heavy atom. The Morgan fingerprint density at radius 1 is 1.30 bits per heavy atom. The van der Waals surface area contributed by atoms with E-state index in [-0.39, 0.29) is 18.3 Å². The molecule has 23 heavy (non-hydrogen) atoms. The van der Waals surface area contributed by atoms with E-state index in [0.29, 0.717) is 16.3 Å². The van der Waals surface area contributed by atoms with Gasteiger partial charge in [-0.1, -0.05) is 32.7 Å². The Hall–Kier alpha value is -2.05. The van der Waals surface area contributed by atoms with Gasteiger partial charge < -0.3 is 15.9 Å². The van der Waals surface area contributed by atoms with Crippen LogP contribution in [0.5, 0.6) is 0 Å². The van der Waals surface area contributed by atoms with Crippen LogP contribution in [0.4, 0.5) is 5.69 Å². The lowest BCUT2D eigenvalue weighted by atomic mass is 10.2. The Kier molecular flexibility index (Phi) is 6.01. The largest absolute Gasteiger partial charge is 0.384 e. The smallest absolute Gasteiger partial charge is 0.265 e. The fraction of sp³-hybridized carbons (Fsp3) is 0.125. The van der Waals surface area contributed by atoms with Crippen LogP contribution in [-0.2, 0) is 9.63 Å². The van der Waals surface area contributed by atoms with Gasteiger partial charge in [-0.3, -0.25) is 4.79 Å². The predicted octanol–water partition coefficient (Wildman–Crippen LogP) is 3.69. The first-order valence-electron chi connectivity index (χ1n) is 6.73. The second kappa shape index (κ2) is 7.99. The third kappa shape index (κ3) is 5.26. The molecule has 0 aliphatic heterocycles. The second-order valence-electron chi connectivity index (χ2n) is 4.77. The van der Waals surface area contributed by atoms with Gasteiger partial charge in [0.1, 0.15) is 0 Å². The molecule has 3 N–H and O–H groups in total. The second-order valence-corrected chi connectivity index (χ2v) is 6.06. The number of amides is 1. The molecule has 120 valence electrons. The maximum atomic E-state index is 11.8. The number of amidine groups is 1. The standard InChI is InChI=1S/C16H15BrClN3O2/c1-10-8-13(6-7-14(10)17)20-15(22)9-23-21-16(19)11-2-4-12(18)5-3-11/h2-8H,9H2,1H3,(H2,19,21)(H,20,22). The van der Waals surface area contributed by atoms with E-state index in [1.54, 1.807) is 30.3 Å². The van der Waals surface area contributed by atoms with Gasteiger partial charge in [-0.15, -0.1) is 0 Å². The number of oxime groups is 1. The van der Waals surface area contributed by atoms with E-state index in [4.69, 9.17) is 22.2 Å². The molecule has 0 spiro atoms. The summed E-state index contributed by atoms with van der Waals surface area (Å²) < 4.78 is 0.979. The summed E-state index contributed by atoms with van der Waals surface area (Å²) in [6.07, 6.45) is 0. The molecular formula is C16H15BrClN3O2. The number of nitrogens with zero attached hydrogens (tertiary/aromatic N) is 1. The average Bonchev–Trinajstić information content (AvgIpc) is 2.51. The van der Waals surface area contributed by atoms with Gasteiger partial charge in [0.2, 0.25) is 0 Å². The number of rotatable bonds is 5. The summed E-state index contributed by atoms with van der Waals surface area (Å²) in [5.41, 5.74) is 8.14. The zero-order chi connectivity index (χ0) is 16.8. The maximum Gasteiger partial charge on any atom is 0.265 e. The van der Waals surface area contributed by atoms with E-state index in [1.807, 2.05) is 19.1 Å². The number of nitrogens with one attached hydrogen (secondary N) is 1. The van der Waals surface area contributed by atoms with E-state index >= 15 is 0 Å². The zero-order valence-corrected chi connectivity index (χ0v) is 14.7. The van der Waals surface area contributed by atoms with Gasteiger partial charge in [0, 0.05) is 20.7 Å². The molecule has 2 aromatic rings. The van der Waals surface area contributed by atoms with Crippen molar-refractivity contribution in [3.05, 3.63) is 63.1 Å². The molecule has 0 atom stereocenters. The fourth-order valence-electron chi connectivity index (χ4n) is 1.75. The quantitative estimate of drug-likeness (QED) is 0.460. The summed E-state index contributed by atoms with van der Waals surface area (Å²) in [7, 11) is 0. The summed E-state index contributed by atoms with van der Waals surface area (Å²) in [6.45, 7) is 1.71. The topological polar surface area (TPSA) is 76.7 Å². The molecule has 0 aliphatic carbocycles. The number of halogens is 2. The third-order valence-corrected chi connectivity index (χ3v) is 4.08. The zero-order valence-electron chi connectivity index (χ0n) is 12.3. The third-order valence-electron chi connectivity index (χ3n) is 2.94. The Labute approximate surface area is 147 Å². The minimum Gasteiger partial charge on any atom is -0.384 e. The van der Waals surface area contributed by atoms with Crippen molar-refractivity contribution >= 4 is 45.0 Å². The number of carbonyl (C=O) groups is 1. The Morgan fingerprint density at radius 2 is 2.00 bits per heavy atom. The van der Waals surface area contributed by atoms with Crippen LogP contribution in [0.25, 0.3) is 0 Å². The minimum atomic E-state index is -0.320. The van der Waals surface area contributed by atoms with Gasteiger partial charge in [-0.25, -0.2) is 0 Å². The van der Waals surface area contributed by atoms with Crippen molar-refractivity contribution in [2.75, 3.05) is 11.9 Å². The molecule has 0 radical (unpaired) electrons. The van der Waals surface area contributed by atoms with Crippen molar-refractivity contribution in [3.8, 4) is 0 Å². The van der Waals surface area contributed by atoms with Crippen LogP contribution in [-0.4, -0.2) is 18.3 Å². The van der Waals surface area contributed by atoms with Crippen LogP contribution in [0.3, 0.4) is 0 Å². The van der Waals surface area contributed by atoms with Crippen molar-refractivity contribution in [3.63, 3.8) is 0 Å². The highest BCUT2D eigenvalue weighted by atomic mass is 79.9. The number of hydrogen-bond acceptors (Lipinski definition) is 3. The average molecular weight is 397 g/mol. The summed E-state index contributed by atoms with van der Waals surface area (Å²) in [6, 6.07) is 12.3. The van der Waals surface area contributed by atoms with Crippen molar-refractivity contribution in [2.45, 2.75) is 6.92 Å². The van der Waals surface area contributed by atoms with Crippen molar-refractivity contribution in [2.24, 2.45) is 10.9 Å². The Bertz CT molecular complexity index is 733. The van der Waals surface area contributed by atoms with Crippen LogP contribution >= 0.6 is 27.5 Å². The summed E-state index contributed by atoms with van der Waals surface area (Å²) in [5.74, 6) is -0.145. The first kappa shape index (κ1) is 17.3. The lowest BCUT2D eigenvalue weighted by Gasteiger charge is -2.07. The molecule has 2 aromatic carbocycles. The molecule has 0 aliphatic rings. The lowest BCUT2D eigenvalue weighted by Crippen LogP contribution is -2.19. The van der Waals surface area contributed by atoms with E-state index in [2.05, 4.69) is 26.4 Å². The summed E-state index contributed by atoms with van der Waals surface area (Å²) >= 11 is 9.20. The van der Waals surface area contributed by atoms with Crippen molar-refractivity contribution in [1.29, 1.82) is 0 Å². The molecule has 7 heteroatoms. The van der Waals surface area contributed by atoms with E-state index in [0.717, 1.165) is 10.0 Å². The minimum absolute atomic E-state index is 0.175. The molecular weight excluding hydrogens is 382 g/mol. The molecule has 1 amide bonds. The van der Waals surface area contributed by atoms with Gasteiger partial charge in [0.15, 0.2) is 12.4 Å². The lowest BCUT2D eigenvalue weighted by molar-refractivity contribution is -0.120. The Balaban J connectivity index is 1.87. The van der Waals surface area contributed by atoms with E-state index < -0.39 is 0 Å². The van der Waals surface area contributed by atoms with E-state index in [1.165, 1.54) is 0 Å². The first-order valence-corrected chi connectivity index (χ1v) is 7.90. The van der Waals surface area contributed by atoms with Gasteiger partial charge in [0.25, 0.3) is 5.91 Å². The summed E-state index contributed by atoms with van der Waals surface area (Å²) in [5, 5.41) is 7.04. The van der Waals surface area contributed by atoms with Crippen LogP contribution in [0.1, 0.15) is 11.1 Å². The van der Waals surface area contributed by atoms with Crippen LogP contribution in [0.2, 0.25) is 5.02 Å². The SMILES string of the molecule is Cc1cc(NC(=O)CO/N=C(/N)c2ccc(Cl)cc2)ccc1Br. The first-order chi connectivity index (χ1) is 11.0. The van der Waals surface area contributed by atoms with Crippen LogP contribution in [0, 0.1) is 6.92 Å². The predicted molar refractivity (Wildman–Crippen MR) is 95.6 cm³/mol. The molecule has 0 saturated carbocycles. The maximum absolute atomic E-state index is 11.8. The highest BCUT2D eigenvalue weighted by Crippen LogP contribution is 2.19. The molecule has 0 heterocycles. The number of anilines is 1. The number of hydrogen-bond donors (Lipinski definition) is 2. The molecule has 0 saturated heterocycles. The summed E-state index contributed by atoms with van der Waals surface area (Å²) in [4.78, 5) is 16.8. The molecule has 0 fully saturated rings. The number of carbonyl (C=O) groups excluding carboxylic acids is 1. The molecule has 0 unspecified atom stereocenters. The van der Waals surface area contributed by atoms with Crippen molar-refractivity contribution in [1.82, 2.24) is 0 Å². The number of nitrogens with two attached hydrogens (primary N) is 1. The van der Waals surface area contributed by atoms with Crippen molar-refractivity contribution < 1.29 is 9.63 Å². The van der Waals surface area contributed by atoms with Gasteiger partial charge in [0.05, 0.1) is 0 Å². The molecule has 0 aromatic heterocycles. The normalized spacial score (nSPS) is 11.2.